The molecule has 3 unspecified atom stereocenters. The van der Waals surface area contributed by atoms with Gasteiger partial charge in [-0.15, -0.1) is 0 Å². The van der Waals surface area contributed by atoms with Crippen molar-refractivity contribution in [1.82, 2.24) is 0 Å². The molecule has 0 heterocycles. The molecule has 0 aliphatic heterocycles. The van der Waals surface area contributed by atoms with Crippen molar-refractivity contribution < 1.29 is 17.9 Å². The number of carbonyl (C=O) groups excluding carboxylic acids is 1. The number of rotatable bonds is 5. The summed E-state index contributed by atoms with van der Waals surface area (Å²) in [5.41, 5.74) is 6.21. The second-order valence-corrected chi connectivity index (χ2v) is 8.97. The molecular weight excluding hydrogens is 374 g/mol. The van der Waals surface area contributed by atoms with Crippen molar-refractivity contribution in [3.05, 3.63) is 64.7 Å². The van der Waals surface area contributed by atoms with Gasteiger partial charge >= 0.3 is 5.97 Å². The second-order valence-electron chi connectivity index (χ2n) is 6.46. The number of halogens is 1. The Bertz CT molecular complexity index is 942. The number of ether oxygens (including phenoxy) is 1. The number of aryl methyl sites for hydroxylation is 1. The Morgan fingerprint density at radius 3 is 2.46 bits per heavy atom. The van der Waals surface area contributed by atoms with Crippen molar-refractivity contribution in [3.63, 3.8) is 0 Å². The van der Waals surface area contributed by atoms with Crippen LogP contribution in [0, 0.1) is 6.92 Å². The van der Waals surface area contributed by atoms with Gasteiger partial charge in [-0.25, -0.2) is 13.2 Å². The van der Waals surface area contributed by atoms with Crippen molar-refractivity contribution in [2.45, 2.75) is 35.4 Å². The first-order chi connectivity index (χ1) is 12.2. The Hall–Kier alpha value is -1.89. The Morgan fingerprint density at radius 2 is 1.88 bits per heavy atom. The third-order valence-corrected chi connectivity index (χ3v) is 7.19. The van der Waals surface area contributed by atoms with Crippen LogP contribution in [0.4, 0.5) is 0 Å². The summed E-state index contributed by atoms with van der Waals surface area (Å²) in [4.78, 5) is 12.6. The molecule has 7 heteroatoms. The first-order valence-corrected chi connectivity index (χ1v) is 10.2. The van der Waals surface area contributed by atoms with E-state index in [1.54, 1.807) is 43.3 Å². The van der Waals surface area contributed by atoms with Gasteiger partial charge < -0.3 is 10.5 Å². The molecule has 2 aromatic rings. The average Bonchev–Trinajstić information content (AvgIpc) is 3.24. The van der Waals surface area contributed by atoms with E-state index in [1.165, 1.54) is 12.1 Å². The fourth-order valence-electron chi connectivity index (χ4n) is 3.33. The van der Waals surface area contributed by atoms with Crippen LogP contribution in [-0.2, 0) is 19.4 Å². The van der Waals surface area contributed by atoms with Gasteiger partial charge in [-0.1, -0.05) is 41.4 Å². The molecule has 0 spiro atoms. The fourth-order valence-corrected chi connectivity index (χ4v) is 5.76. The van der Waals surface area contributed by atoms with E-state index in [1.807, 2.05) is 6.92 Å². The Kier molecular flexibility index (Phi) is 4.86. The fraction of sp³-hybridized carbons (Fsp3) is 0.316. The summed E-state index contributed by atoms with van der Waals surface area (Å²) in [5, 5.41) is -0.651. The van der Waals surface area contributed by atoms with Gasteiger partial charge in [0.05, 0.1) is 11.5 Å². The molecule has 2 aromatic carbocycles. The number of sulfone groups is 1. The van der Waals surface area contributed by atoms with Crippen LogP contribution in [0.2, 0.25) is 5.02 Å². The van der Waals surface area contributed by atoms with Gasteiger partial charge in [-0.05, 0) is 43.7 Å². The Balaban J connectivity index is 2.07. The lowest BCUT2D eigenvalue weighted by Crippen LogP contribution is -2.41. The zero-order valence-corrected chi connectivity index (χ0v) is 16.0. The van der Waals surface area contributed by atoms with Crippen molar-refractivity contribution in [2.24, 2.45) is 5.73 Å². The van der Waals surface area contributed by atoms with Crippen LogP contribution in [0.15, 0.2) is 53.4 Å². The van der Waals surface area contributed by atoms with E-state index in [9.17, 15) is 13.2 Å². The largest absolute Gasteiger partial charge is 0.465 e. The maximum absolute atomic E-state index is 13.2. The molecule has 1 fully saturated rings. The second kappa shape index (κ2) is 6.68. The monoisotopic (exact) mass is 393 g/mol. The highest BCUT2D eigenvalue weighted by Gasteiger charge is 2.74. The SMILES string of the molecule is CCOC(=O)C1(N)C(c2cccc(Cl)c2)C1S(=O)(=O)c1ccc(C)cc1. The summed E-state index contributed by atoms with van der Waals surface area (Å²) in [5.74, 6) is -1.43. The third kappa shape index (κ3) is 3.02. The molecule has 138 valence electrons. The van der Waals surface area contributed by atoms with Gasteiger partial charge in [0, 0.05) is 10.9 Å². The number of esters is 1. The molecule has 0 bridgehead atoms. The summed E-state index contributed by atoms with van der Waals surface area (Å²) >= 11 is 6.04. The lowest BCUT2D eigenvalue weighted by molar-refractivity contribution is -0.145. The lowest BCUT2D eigenvalue weighted by atomic mass is 10.1. The van der Waals surface area contributed by atoms with Crippen LogP contribution in [0.25, 0.3) is 0 Å². The van der Waals surface area contributed by atoms with Gasteiger partial charge in [-0.2, -0.15) is 0 Å². The molecule has 5 nitrogen and oxygen atoms in total. The van der Waals surface area contributed by atoms with Crippen LogP contribution in [0.5, 0.6) is 0 Å². The topological polar surface area (TPSA) is 86.5 Å². The molecule has 26 heavy (non-hydrogen) atoms. The summed E-state index contributed by atoms with van der Waals surface area (Å²) in [6, 6.07) is 13.2. The van der Waals surface area contributed by atoms with Gasteiger partial charge in [0.1, 0.15) is 10.8 Å². The van der Waals surface area contributed by atoms with Gasteiger partial charge in [0.15, 0.2) is 9.84 Å². The number of benzene rings is 2. The Labute approximate surface area is 158 Å². The van der Waals surface area contributed by atoms with Crippen LogP contribution in [-0.4, -0.2) is 31.8 Å². The van der Waals surface area contributed by atoms with Crippen LogP contribution < -0.4 is 5.73 Å². The van der Waals surface area contributed by atoms with Gasteiger partial charge in [0.2, 0.25) is 0 Å². The molecule has 1 saturated carbocycles. The van der Waals surface area contributed by atoms with Crippen LogP contribution in [0.3, 0.4) is 0 Å². The standard InChI is InChI=1S/C19H20ClNO4S/c1-3-25-18(22)19(21)16(13-5-4-6-14(20)11-13)17(19)26(23,24)15-9-7-12(2)8-10-15/h4-11,16-17H,3,21H2,1-2H3. The van der Waals surface area contributed by atoms with Crippen molar-refractivity contribution in [1.29, 1.82) is 0 Å². The van der Waals surface area contributed by atoms with E-state index in [2.05, 4.69) is 0 Å². The van der Waals surface area contributed by atoms with Crippen LogP contribution in [0.1, 0.15) is 24.0 Å². The zero-order valence-electron chi connectivity index (χ0n) is 14.5. The third-order valence-electron chi connectivity index (χ3n) is 4.70. The number of hydrogen-bond acceptors (Lipinski definition) is 5. The summed E-state index contributed by atoms with van der Waals surface area (Å²) in [6.07, 6.45) is 0. The number of carbonyl (C=O) groups is 1. The van der Waals surface area contributed by atoms with E-state index >= 15 is 0 Å². The first-order valence-electron chi connectivity index (χ1n) is 8.25. The highest BCUT2D eigenvalue weighted by Crippen LogP contribution is 2.56. The van der Waals surface area contributed by atoms with Gasteiger partial charge in [-0.3, -0.25) is 0 Å². The molecule has 1 aliphatic carbocycles. The van der Waals surface area contributed by atoms with E-state index in [0.717, 1.165) is 5.56 Å². The predicted molar refractivity (Wildman–Crippen MR) is 99.9 cm³/mol. The summed E-state index contributed by atoms with van der Waals surface area (Å²) in [7, 11) is -3.83. The normalized spacial score (nSPS) is 24.9. The predicted octanol–water partition coefficient (Wildman–Crippen LogP) is 2.85. The average molecular weight is 394 g/mol. The molecule has 2 N–H and O–H groups in total. The molecule has 3 atom stereocenters. The highest BCUT2D eigenvalue weighted by molar-refractivity contribution is 7.92. The quantitative estimate of drug-likeness (QED) is 0.789. The molecular formula is C19H20ClNO4S. The van der Waals surface area contributed by atoms with Crippen molar-refractivity contribution in [2.75, 3.05) is 6.61 Å². The van der Waals surface area contributed by atoms with E-state index in [4.69, 9.17) is 22.1 Å². The van der Waals surface area contributed by atoms with Crippen LogP contribution >= 0.6 is 11.6 Å². The molecule has 0 aromatic heterocycles. The maximum atomic E-state index is 13.2. The smallest absolute Gasteiger partial charge is 0.328 e. The first kappa shape index (κ1) is 18.9. The molecule has 3 rings (SSSR count). The van der Waals surface area contributed by atoms with E-state index in [0.29, 0.717) is 10.6 Å². The highest BCUT2D eigenvalue weighted by atomic mass is 35.5. The molecule has 1 aliphatic rings. The van der Waals surface area contributed by atoms with Gasteiger partial charge in [0.25, 0.3) is 0 Å². The zero-order chi connectivity index (χ0) is 19.1. The van der Waals surface area contributed by atoms with E-state index < -0.39 is 32.5 Å². The number of nitrogens with two attached hydrogens (primary N) is 1. The minimum absolute atomic E-state index is 0.122. The minimum atomic E-state index is -3.83. The lowest BCUT2D eigenvalue weighted by Gasteiger charge is -2.11. The summed E-state index contributed by atoms with van der Waals surface area (Å²) in [6.45, 7) is 3.65. The number of hydrogen-bond donors (Lipinski definition) is 1. The van der Waals surface area contributed by atoms with Crippen molar-refractivity contribution in [3.8, 4) is 0 Å². The molecule has 0 radical (unpaired) electrons. The van der Waals surface area contributed by atoms with E-state index in [-0.39, 0.29) is 11.5 Å². The molecule has 0 amide bonds. The summed E-state index contributed by atoms with van der Waals surface area (Å²) < 4.78 is 31.4. The van der Waals surface area contributed by atoms with Crippen molar-refractivity contribution >= 4 is 27.4 Å². The minimum Gasteiger partial charge on any atom is -0.465 e. The Morgan fingerprint density at radius 1 is 1.23 bits per heavy atom. The molecule has 0 saturated heterocycles. The maximum Gasteiger partial charge on any atom is 0.328 e.